The molecule has 3 heteroatoms. The second kappa shape index (κ2) is 5.64. The van der Waals surface area contributed by atoms with Gasteiger partial charge in [-0.05, 0) is 30.4 Å². The van der Waals surface area contributed by atoms with Crippen molar-refractivity contribution >= 4 is 5.96 Å². The SMILES string of the molecule is CCc1ccc(C(C)(C)CN=C(N)NC2CC2)cc1. The van der Waals surface area contributed by atoms with Gasteiger partial charge in [0, 0.05) is 11.5 Å². The normalized spacial score (nSPS) is 16.5. The highest BCUT2D eigenvalue weighted by molar-refractivity contribution is 5.78. The van der Waals surface area contributed by atoms with Crippen molar-refractivity contribution in [2.75, 3.05) is 6.54 Å². The third-order valence-electron chi connectivity index (χ3n) is 3.72. The molecule has 3 N–H and O–H groups in total. The lowest BCUT2D eigenvalue weighted by atomic mass is 9.84. The summed E-state index contributed by atoms with van der Waals surface area (Å²) in [7, 11) is 0. The number of aliphatic imine (C=N–C) groups is 1. The Labute approximate surface area is 116 Å². The number of benzene rings is 1. The first kappa shape index (κ1) is 13.9. The second-order valence-corrected chi connectivity index (χ2v) is 6.05. The van der Waals surface area contributed by atoms with E-state index in [9.17, 15) is 0 Å². The molecule has 1 aromatic carbocycles. The molecule has 0 atom stereocenters. The van der Waals surface area contributed by atoms with Crippen LogP contribution in [0.3, 0.4) is 0 Å². The fourth-order valence-electron chi connectivity index (χ4n) is 2.05. The average Bonchev–Trinajstić information content (AvgIpc) is 3.20. The van der Waals surface area contributed by atoms with E-state index < -0.39 is 0 Å². The van der Waals surface area contributed by atoms with Gasteiger partial charge in [-0.1, -0.05) is 45.0 Å². The number of aryl methyl sites for hydroxylation is 1. The van der Waals surface area contributed by atoms with E-state index in [1.54, 1.807) is 0 Å². The first-order valence-corrected chi connectivity index (χ1v) is 7.17. The van der Waals surface area contributed by atoms with Crippen LogP contribution in [0.1, 0.15) is 44.7 Å². The highest BCUT2D eigenvalue weighted by Gasteiger charge is 2.23. The summed E-state index contributed by atoms with van der Waals surface area (Å²) in [5.74, 6) is 0.584. The van der Waals surface area contributed by atoms with Crippen molar-refractivity contribution < 1.29 is 0 Å². The van der Waals surface area contributed by atoms with Crippen molar-refractivity contribution in [3.8, 4) is 0 Å². The monoisotopic (exact) mass is 259 g/mol. The van der Waals surface area contributed by atoms with E-state index in [0.29, 0.717) is 18.5 Å². The molecule has 1 aliphatic rings. The molecule has 1 saturated carbocycles. The van der Waals surface area contributed by atoms with Gasteiger partial charge in [0.1, 0.15) is 0 Å². The number of nitrogens with zero attached hydrogens (tertiary/aromatic N) is 1. The molecule has 0 heterocycles. The molecule has 19 heavy (non-hydrogen) atoms. The summed E-state index contributed by atoms with van der Waals surface area (Å²) in [4.78, 5) is 4.48. The maximum absolute atomic E-state index is 5.88. The molecule has 104 valence electrons. The molecule has 1 aromatic rings. The minimum Gasteiger partial charge on any atom is -0.370 e. The molecule has 2 rings (SSSR count). The Balaban J connectivity index is 1.99. The quantitative estimate of drug-likeness (QED) is 0.631. The van der Waals surface area contributed by atoms with E-state index in [-0.39, 0.29) is 5.41 Å². The van der Waals surface area contributed by atoms with Gasteiger partial charge in [-0.3, -0.25) is 4.99 Å². The van der Waals surface area contributed by atoms with Crippen LogP contribution in [-0.4, -0.2) is 18.5 Å². The van der Waals surface area contributed by atoms with Crippen molar-refractivity contribution in [1.29, 1.82) is 0 Å². The minimum absolute atomic E-state index is 0.0160. The predicted molar refractivity (Wildman–Crippen MR) is 81.5 cm³/mol. The number of guanidine groups is 1. The third kappa shape index (κ3) is 3.98. The molecule has 0 saturated heterocycles. The molecule has 0 spiro atoms. The van der Waals surface area contributed by atoms with Gasteiger partial charge in [-0.2, -0.15) is 0 Å². The van der Waals surface area contributed by atoms with Crippen molar-refractivity contribution in [3.05, 3.63) is 35.4 Å². The lowest BCUT2D eigenvalue weighted by Crippen LogP contribution is -2.35. The summed E-state index contributed by atoms with van der Waals surface area (Å²) in [5.41, 5.74) is 8.59. The van der Waals surface area contributed by atoms with Crippen molar-refractivity contribution in [3.63, 3.8) is 0 Å². The van der Waals surface area contributed by atoms with E-state index in [4.69, 9.17) is 5.73 Å². The Hall–Kier alpha value is -1.51. The number of rotatable bonds is 5. The van der Waals surface area contributed by atoms with Gasteiger partial charge in [0.05, 0.1) is 6.54 Å². The molecule has 1 fully saturated rings. The highest BCUT2D eigenvalue weighted by atomic mass is 15.1. The van der Waals surface area contributed by atoms with E-state index in [2.05, 4.69) is 55.3 Å². The summed E-state index contributed by atoms with van der Waals surface area (Å²) >= 11 is 0. The lowest BCUT2D eigenvalue weighted by molar-refractivity contribution is 0.538. The maximum atomic E-state index is 5.88. The van der Waals surface area contributed by atoms with Crippen LogP contribution in [0.4, 0.5) is 0 Å². The van der Waals surface area contributed by atoms with Crippen molar-refractivity contribution in [1.82, 2.24) is 5.32 Å². The lowest BCUT2D eigenvalue weighted by Gasteiger charge is -2.23. The number of nitrogens with one attached hydrogen (secondary N) is 1. The molecule has 0 aliphatic heterocycles. The topological polar surface area (TPSA) is 50.4 Å². The Morgan fingerprint density at radius 1 is 1.32 bits per heavy atom. The molecule has 0 amide bonds. The third-order valence-corrected chi connectivity index (χ3v) is 3.72. The second-order valence-electron chi connectivity index (χ2n) is 6.05. The van der Waals surface area contributed by atoms with Gasteiger partial charge in [0.15, 0.2) is 5.96 Å². The first-order valence-electron chi connectivity index (χ1n) is 7.17. The Kier molecular flexibility index (Phi) is 4.13. The number of hydrogen-bond acceptors (Lipinski definition) is 1. The van der Waals surface area contributed by atoms with Gasteiger partial charge in [-0.15, -0.1) is 0 Å². The first-order chi connectivity index (χ1) is 9.01. The minimum atomic E-state index is 0.0160. The summed E-state index contributed by atoms with van der Waals surface area (Å²) in [6, 6.07) is 9.38. The van der Waals surface area contributed by atoms with Crippen LogP contribution >= 0.6 is 0 Å². The van der Waals surface area contributed by atoms with Gasteiger partial charge < -0.3 is 11.1 Å². The Morgan fingerprint density at radius 3 is 2.47 bits per heavy atom. The molecule has 0 bridgehead atoms. The Morgan fingerprint density at radius 2 is 1.95 bits per heavy atom. The van der Waals surface area contributed by atoms with Crippen LogP contribution in [0, 0.1) is 0 Å². The van der Waals surface area contributed by atoms with E-state index >= 15 is 0 Å². The molecule has 0 aromatic heterocycles. The fourth-order valence-corrected chi connectivity index (χ4v) is 2.05. The van der Waals surface area contributed by atoms with Crippen LogP contribution in [0.5, 0.6) is 0 Å². The molecule has 0 radical (unpaired) electrons. The summed E-state index contributed by atoms with van der Waals surface area (Å²) in [5, 5.41) is 3.22. The zero-order chi connectivity index (χ0) is 13.9. The number of hydrogen-bond donors (Lipinski definition) is 2. The molecule has 3 nitrogen and oxygen atoms in total. The van der Waals surface area contributed by atoms with Crippen LogP contribution < -0.4 is 11.1 Å². The maximum Gasteiger partial charge on any atom is 0.188 e. The molecular formula is C16H25N3. The smallest absolute Gasteiger partial charge is 0.188 e. The Bertz CT molecular complexity index is 442. The number of nitrogens with two attached hydrogens (primary N) is 1. The van der Waals surface area contributed by atoms with Crippen LogP contribution in [0.2, 0.25) is 0 Å². The van der Waals surface area contributed by atoms with Gasteiger partial charge in [-0.25, -0.2) is 0 Å². The van der Waals surface area contributed by atoms with Gasteiger partial charge >= 0.3 is 0 Å². The van der Waals surface area contributed by atoms with Gasteiger partial charge in [0.2, 0.25) is 0 Å². The predicted octanol–water partition coefficient (Wildman–Crippen LogP) is 2.59. The molecular weight excluding hydrogens is 234 g/mol. The van der Waals surface area contributed by atoms with E-state index in [1.807, 2.05) is 0 Å². The summed E-state index contributed by atoms with van der Waals surface area (Å²) < 4.78 is 0. The van der Waals surface area contributed by atoms with E-state index in [1.165, 1.54) is 24.0 Å². The zero-order valence-corrected chi connectivity index (χ0v) is 12.2. The molecule has 1 aliphatic carbocycles. The van der Waals surface area contributed by atoms with Crippen LogP contribution in [0.25, 0.3) is 0 Å². The van der Waals surface area contributed by atoms with Crippen molar-refractivity contribution in [2.24, 2.45) is 10.7 Å². The molecule has 0 unspecified atom stereocenters. The largest absolute Gasteiger partial charge is 0.370 e. The van der Waals surface area contributed by atoms with Crippen LogP contribution in [0.15, 0.2) is 29.3 Å². The standard InChI is InChI=1S/C16H25N3/c1-4-12-5-7-13(8-6-12)16(2,3)11-18-15(17)19-14-9-10-14/h5-8,14H,4,9-11H2,1-3H3,(H3,17,18,19). The summed E-state index contributed by atoms with van der Waals surface area (Å²) in [6.07, 6.45) is 3.52. The van der Waals surface area contributed by atoms with Crippen molar-refractivity contribution in [2.45, 2.75) is 51.5 Å². The fraction of sp³-hybridized carbons (Fsp3) is 0.562. The average molecular weight is 259 g/mol. The summed E-state index contributed by atoms with van der Waals surface area (Å²) in [6.45, 7) is 7.31. The van der Waals surface area contributed by atoms with Crippen LogP contribution in [-0.2, 0) is 11.8 Å². The highest BCUT2D eigenvalue weighted by Crippen LogP contribution is 2.24. The van der Waals surface area contributed by atoms with Gasteiger partial charge in [0.25, 0.3) is 0 Å². The zero-order valence-electron chi connectivity index (χ0n) is 12.2. The van der Waals surface area contributed by atoms with E-state index in [0.717, 1.165) is 6.42 Å².